The summed E-state index contributed by atoms with van der Waals surface area (Å²) in [6.07, 6.45) is 2.61. The lowest BCUT2D eigenvalue weighted by Crippen LogP contribution is -2.27. The summed E-state index contributed by atoms with van der Waals surface area (Å²) in [4.78, 5) is 16.5. The van der Waals surface area contributed by atoms with Gasteiger partial charge < -0.3 is 9.73 Å². The number of carbonyl (C=O) groups is 1. The third-order valence-electron chi connectivity index (χ3n) is 4.67. The molecule has 1 saturated carbocycles. The van der Waals surface area contributed by atoms with Crippen LogP contribution in [-0.2, 0) is 17.6 Å². The molecule has 1 amide bonds. The van der Waals surface area contributed by atoms with Gasteiger partial charge in [-0.2, -0.15) is 0 Å². The van der Waals surface area contributed by atoms with Gasteiger partial charge in [-0.15, -0.1) is 21.5 Å². The second kappa shape index (κ2) is 7.57. The first-order valence-corrected chi connectivity index (χ1v) is 10.6. The summed E-state index contributed by atoms with van der Waals surface area (Å²) in [5.41, 5.74) is 2.94. The Bertz CT molecular complexity index is 1180. The fraction of sp³-hybridized carbons (Fsp3) is 0.238. The standard InChI is InChI=1S/C21H17ClN4O2S/c22-15-8-13(12-4-2-1-3-5-12)9-16-21(15)24-20(29-16)11-19-26-25-18(28-19)10-17(27)23-14-6-7-14/h1-5,8-9,14H,6-7,10-11H2,(H,23,27). The van der Waals surface area contributed by atoms with E-state index in [-0.39, 0.29) is 12.3 Å². The highest BCUT2D eigenvalue weighted by Gasteiger charge is 2.24. The SMILES string of the molecule is O=C(Cc1nnc(Cc2nc3c(Cl)cc(-c4ccccc4)cc3s2)o1)NC1CC1. The van der Waals surface area contributed by atoms with E-state index in [1.165, 1.54) is 0 Å². The molecular formula is C21H17ClN4O2S. The second-order valence-corrected chi connectivity index (χ2v) is 8.59. The van der Waals surface area contributed by atoms with Crippen molar-refractivity contribution in [3.63, 3.8) is 0 Å². The van der Waals surface area contributed by atoms with E-state index in [4.69, 9.17) is 16.0 Å². The van der Waals surface area contributed by atoms with E-state index in [0.717, 1.165) is 39.2 Å². The highest BCUT2D eigenvalue weighted by molar-refractivity contribution is 7.18. The molecular weight excluding hydrogens is 408 g/mol. The molecule has 0 aliphatic heterocycles. The number of hydrogen-bond donors (Lipinski definition) is 1. The maximum atomic E-state index is 11.9. The predicted molar refractivity (Wildman–Crippen MR) is 112 cm³/mol. The Morgan fingerprint density at radius 1 is 1.14 bits per heavy atom. The summed E-state index contributed by atoms with van der Waals surface area (Å²) in [7, 11) is 0. The van der Waals surface area contributed by atoms with Gasteiger partial charge in [0.15, 0.2) is 0 Å². The number of rotatable bonds is 6. The Hall–Kier alpha value is -2.77. The van der Waals surface area contributed by atoms with E-state index >= 15 is 0 Å². The number of aromatic nitrogens is 3. The second-order valence-electron chi connectivity index (χ2n) is 7.06. The fourth-order valence-electron chi connectivity index (χ4n) is 3.11. The fourth-order valence-corrected chi connectivity index (χ4v) is 4.45. The first-order chi connectivity index (χ1) is 14.1. The van der Waals surface area contributed by atoms with Crippen molar-refractivity contribution in [3.05, 3.63) is 64.3 Å². The van der Waals surface area contributed by atoms with E-state index < -0.39 is 0 Å². The molecule has 2 heterocycles. The molecule has 1 aliphatic carbocycles. The quantitative estimate of drug-likeness (QED) is 0.495. The number of hydrogen-bond acceptors (Lipinski definition) is 6. The van der Waals surface area contributed by atoms with Crippen molar-refractivity contribution >= 4 is 39.1 Å². The van der Waals surface area contributed by atoms with Gasteiger partial charge >= 0.3 is 0 Å². The number of thiazole rings is 1. The van der Waals surface area contributed by atoms with Crippen LogP contribution in [0.15, 0.2) is 46.9 Å². The van der Waals surface area contributed by atoms with Crippen molar-refractivity contribution in [3.8, 4) is 11.1 Å². The molecule has 2 aromatic carbocycles. The van der Waals surface area contributed by atoms with Crippen LogP contribution in [0.5, 0.6) is 0 Å². The van der Waals surface area contributed by atoms with Crippen molar-refractivity contribution < 1.29 is 9.21 Å². The molecule has 29 heavy (non-hydrogen) atoms. The predicted octanol–water partition coefficient (Wildman–Crippen LogP) is 4.41. The lowest BCUT2D eigenvalue weighted by molar-refractivity contribution is -0.120. The third-order valence-corrected chi connectivity index (χ3v) is 5.96. The van der Waals surface area contributed by atoms with E-state index in [2.05, 4.69) is 38.7 Å². The number of fused-ring (bicyclic) bond motifs is 1. The summed E-state index contributed by atoms with van der Waals surface area (Å²) in [5, 5.41) is 12.4. The van der Waals surface area contributed by atoms with Crippen LogP contribution in [0.4, 0.5) is 0 Å². The number of nitrogens with one attached hydrogen (secondary N) is 1. The van der Waals surface area contributed by atoms with Gasteiger partial charge in [-0.1, -0.05) is 41.9 Å². The number of carbonyl (C=O) groups excluding carboxylic acids is 1. The smallest absolute Gasteiger partial charge is 0.229 e. The molecule has 0 spiro atoms. The zero-order chi connectivity index (χ0) is 19.8. The van der Waals surface area contributed by atoms with E-state index in [0.29, 0.717) is 29.3 Å². The van der Waals surface area contributed by atoms with Gasteiger partial charge in [-0.05, 0) is 36.1 Å². The maximum absolute atomic E-state index is 11.9. The van der Waals surface area contributed by atoms with Crippen molar-refractivity contribution in [2.24, 2.45) is 0 Å². The van der Waals surface area contributed by atoms with Gasteiger partial charge in [0.05, 0.1) is 16.1 Å². The normalized spacial score (nSPS) is 13.7. The summed E-state index contributed by atoms with van der Waals surface area (Å²) in [6.45, 7) is 0. The van der Waals surface area contributed by atoms with Crippen molar-refractivity contribution in [2.45, 2.75) is 31.7 Å². The number of benzene rings is 2. The zero-order valence-electron chi connectivity index (χ0n) is 15.4. The minimum Gasteiger partial charge on any atom is -0.424 e. The minimum atomic E-state index is -0.0806. The molecule has 1 N–H and O–H groups in total. The van der Waals surface area contributed by atoms with Gasteiger partial charge in [0.1, 0.15) is 16.9 Å². The Kier molecular flexibility index (Phi) is 4.77. The number of amides is 1. The Balaban J connectivity index is 1.34. The lowest BCUT2D eigenvalue weighted by atomic mass is 10.1. The van der Waals surface area contributed by atoms with Crippen LogP contribution < -0.4 is 5.32 Å². The average Bonchev–Trinajstić information content (AvgIpc) is 3.25. The van der Waals surface area contributed by atoms with E-state index in [1.807, 2.05) is 24.3 Å². The molecule has 8 heteroatoms. The van der Waals surface area contributed by atoms with Gasteiger partial charge in [0, 0.05) is 6.04 Å². The van der Waals surface area contributed by atoms with Gasteiger partial charge in [0.25, 0.3) is 0 Å². The van der Waals surface area contributed by atoms with Gasteiger partial charge in [-0.25, -0.2) is 4.98 Å². The molecule has 5 rings (SSSR count). The van der Waals surface area contributed by atoms with Crippen LogP contribution in [-0.4, -0.2) is 27.1 Å². The Labute approximate surface area is 175 Å². The summed E-state index contributed by atoms with van der Waals surface area (Å²) < 4.78 is 6.64. The Morgan fingerprint density at radius 2 is 1.93 bits per heavy atom. The first-order valence-electron chi connectivity index (χ1n) is 9.39. The van der Waals surface area contributed by atoms with Crippen LogP contribution >= 0.6 is 22.9 Å². The van der Waals surface area contributed by atoms with E-state index in [9.17, 15) is 4.79 Å². The highest BCUT2D eigenvalue weighted by atomic mass is 35.5. The molecule has 0 radical (unpaired) electrons. The van der Waals surface area contributed by atoms with Crippen molar-refractivity contribution in [1.82, 2.24) is 20.5 Å². The third kappa shape index (κ3) is 4.16. The van der Waals surface area contributed by atoms with Crippen LogP contribution in [0.2, 0.25) is 5.02 Å². The highest BCUT2D eigenvalue weighted by Crippen LogP contribution is 2.34. The summed E-state index contributed by atoms with van der Waals surface area (Å²) in [5.74, 6) is 0.684. The number of halogens is 1. The minimum absolute atomic E-state index is 0.0806. The Morgan fingerprint density at radius 3 is 2.72 bits per heavy atom. The molecule has 0 atom stereocenters. The monoisotopic (exact) mass is 424 g/mol. The molecule has 4 aromatic rings. The molecule has 1 aliphatic rings. The largest absolute Gasteiger partial charge is 0.424 e. The van der Waals surface area contributed by atoms with Crippen molar-refractivity contribution in [1.29, 1.82) is 0 Å². The molecule has 0 saturated heterocycles. The van der Waals surface area contributed by atoms with Crippen LogP contribution in [0.3, 0.4) is 0 Å². The van der Waals surface area contributed by atoms with Gasteiger partial charge in [-0.3, -0.25) is 4.79 Å². The maximum Gasteiger partial charge on any atom is 0.229 e. The topological polar surface area (TPSA) is 80.9 Å². The number of nitrogens with zero attached hydrogens (tertiary/aromatic N) is 3. The molecule has 2 aromatic heterocycles. The van der Waals surface area contributed by atoms with Crippen molar-refractivity contribution in [2.75, 3.05) is 0 Å². The average molecular weight is 425 g/mol. The van der Waals surface area contributed by atoms with Gasteiger partial charge in [0.2, 0.25) is 17.7 Å². The first kappa shape index (κ1) is 18.3. The zero-order valence-corrected chi connectivity index (χ0v) is 17.0. The molecule has 146 valence electrons. The van der Waals surface area contributed by atoms with Crippen LogP contribution in [0.25, 0.3) is 21.3 Å². The molecule has 0 unspecified atom stereocenters. The summed E-state index contributed by atoms with van der Waals surface area (Å²) >= 11 is 8.04. The molecule has 6 nitrogen and oxygen atoms in total. The van der Waals surface area contributed by atoms with E-state index in [1.54, 1.807) is 11.3 Å². The molecule has 1 fully saturated rings. The lowest BCUT2D eigenvalue weighted by Gasteiger charge is -2.02. The summed E-state index contributed by atoms with van der Waals surface area (Å²) in [6, 6.07) is 14.5. The molecule has 0 bridgehead atoms. The van der Waals surface area contributed by atoms with Crippen LogP contribution in [0.1, 0.15) is 29.6 Å². The van der Waals surface area contributed by atoms with Crippen LogP contribution in [0, 0.1) is 0 Å².